The van der Waals surface area contributed by atoms with Gasteiger partial charge in [0.2, 0.25) is 5.91 Å². The van der Waals surface area contributed by atoms with Gasteiger partial charge in [0.05, 0.1) is 17.6 Å². The van der Waals surface area contributed by atoms with Gasteiger partial charge in [-0.2, -0.15) is 0 Å². The first-order chi connectivity index (χ1) is 16.3. The second-order valence-corrected chi connectivity index (χ2v) is 9.40. The standard InChI is InChI=1S/C25H28N2O5S2/c1-5-16(3)32-20-11-10-17(12-21(20)31-6-2)13-22-24(29)27(25(30)34-22)15-23(28)26-18-8-7-9-19(14-18)33-4/h7-14,16H,5-6,15H2,1-4H3,(H,26,28)/b22-13+/t16-/m1/s1. The van der Waals surface area contributed by atoms with Crippen LogP contribution in [0.5, 0.6) is 11.5 Å². The van der Waals surface area contributed by atoms with E-state index in [9.17, 15) is 14.4 Å². The summed E-state index contributed by atoms with van der Waals surface area (Å²) in [5.74, 6) is 0.263. The van der Waals surface area contributed by atoms with Gasteiger partial charge in [-0.25, -0.2) is 0 Å². The van der Waals surface area contributed by atoms with Gasteiger partial charge in [0, 0.05) is 10.6 Å². The SMILES string of the molecule is CCOc1cc(/C=C2/SC(=O)N(CC(=O)Nc3cccc(SC)c3)C2=O)ccc1O[C@H](C)CC. The molecule has 180 valence electrons. The first-order valence-corrected chi connectivity index (χ1v) is 13.0. The number of rotatable bonds is 10. The molecular formula is C25H28N2O5S2. The molecule has 1 aliphatic heterocycles. The first-order valence-electron chi connectivity index (χ1n) is 11.0. The summed E-state index contributed by atoms with van der Waals surface area (Å²) in [6, 6.07) is 12.7. The van der Waals surface area contributed by atoms with Crippen molar-refractivity contribution in [2.45, 2.75) is 38.2 Å². The molecule has 0 spiro atoms. The number of nitrogens with one attached hydrogen (secondary N) is 1. The Labute approximate surface area is 208 Å². The van der Waals surface area contributed by atoms with Crippen LogP contribution in [0, 0.1) is 0 Å². The van der Waals surface area contributed by atoms with Crippen LogP contribution in [0.1, 0.15) is 32.8 Å². The van der Waals surface area contributed by atoms with E-state index in [1.165, 1.54) is 0 Å². The number of carbonyl (C=O) groups excluding carboxylic acids is 3. The lowest BCUT2D eigenvalue weighted by molar-refractivity contribution is -0.127. The molecule has 7 nitrogen and oxygen atoms in total. The Bertz CT molecular complexity index is 1100. The molecule has 0 bridgehead atoms. The van der Waals surface area contributed by atoms with Gasteiger partial charge in [-0.05, 0) is 80.3 Å². The van der Waals surface area contributed by atoms with Gasteiger partial charge in [-0.1, -0.05) is 19.1 Å². The van der Waals surface area contributed by atoms with Crippen LogP contribution in [0.25, 0.3) is 6.08 Å². The van der Waals surface area contributed by atoms with Crippen molar-refractivity contribution >= 4 is 52.3 Å². The Morgan fingerprint density at radius 3 is 2.68 bits per heavy atom. The third kappa shape index (κ3) is 6.57. The van der Waals surface area contributed by atoms with Crippen molar-refractivity contribution < 1.29 is 23.9 Å². The van der Waals surface area contributed by atoms with Gasteiger partial charge in [-0.15, -0.1) is 11.8 Å². The fourth-order valence-electron chi connectivity index (χ4n) is 3.11. The number of hydrogen-bond donors (Lipinski definition) is 1. The van der Waals surface area contributed by atoms with Crippen molar-refractivity contribution in [2.24, 2.45) is 0 Å². The van der Waals surface area contributed by atoms with E-state index in [1.54, 1.807) is 42.1 Å². The molecule has 9 heteroatoms. The third-order valence-corrected chi connectivity index (χ3v) is 6.63. The Kier molecular flexibility index (Phi) is 9.06. The molecule has 1 saturated heterocycles. The molecule has 1 atom stereocenters. The molecule has 0 saturated carbocycles. The van der Waals surface area contributed by atoms with Crippen LogP contribution in [-0.4, -0.2) is 47.5 Å². The minimum atomic E-state index is -0.499. The zero-order chi connectivity index (χ0) is 24.7. The molecule has 3 rings (SSSR count). The van der Waals surface area contributed by atoms with Gasteiger partial charge in [0.1, 0.15) is 6.54 Å². The number of carbonyl (C=O) groups is 3. The van der Waals surface area contributed by atoms with E-state index in [0.29, 0.717) is 29.4 Å². The lowest BCUT2D eigenvalue weighted by Gasteiger charge is -2.16. The number of imide groups is 1. The van der Waals surface area contributed by atoms with Gasteiger partial charge in [0.25, 0.3) is 11.1 Å². The average Bonchev–Trinajstić information content (AvgIpc) is 3.08. The lowest BCUT2D eigenvalue weighted by Crippen LogP contribution is -2.36. The fraction of sp³-hybridized carbons (Fsp3) is 0.320. The molecule has 1 N–H and O–H groups in total. The average molecular weight is 501 g/mol. The highest BCUT2D eigenvalue weighted by Gasteiger charge is 2.36. The van der Waals surface area contributed by atoms with E-state index in [1.807, 2.05) is 45.2 Å². The number of hydrogen-bond acceptors (Lipinski definition) is 7. The van der Waals surface area contributed by atoms with Gasteiger partial charge in [0.15, 0.2) is 11.5 Å². The largest absolute Gasteiger partial charge is 0.490 e. The molecule has 0 unspecified atom stereocenters. The van der Waals surface area contributed by atoms with E-state index in [4.69, 9.17) is 9.47 Å². The number of amides is 3. The predicted octanol–water partition coefficient (Wildman–Crippen LogP) is 5.66. The van der Waals surface area contributed by atoms with Crippen LogP contribution in [0.3, 0.4) is 0 Å². The van der Waals surface area contributed by atoms with E-state index < -0.39 is 17.1 Å². The van der Waals surface area contributed by atoms with Crippen LogP contribution >= 0.6 is 23.5 Å². The molecule has 34 heavy (non-hydrogen) atoms. The normalized spacial score (nSPS) is 15.5. The summed E-state index contributed by atoms with van der Waals surface area (Å²) in [5.41, 5.74) is 1.31. The number of thioether (sulfide) groups is 2. The lowest BCUT2D eigenvalue weighted by atomic mass is 10.1. The maximum absolute atomic E-state index is 12.8. The molecular weight excluding hydrogens is 472 g/mol. The van der Waals surface area contributed by atoms with E-state index in [2.05, 4.69) is 5.32 Å². The minimum Gasteiger partial charge on any atom is -0.490 e. The van der Waals surface area contributed by atoms with Crippen molar-refractivity contribution in [3.63, 3.8) is 0 Å². The summed E-state index contributed by atoms with van der Waals surface area (Å²) in [7, 11) is 0. The minimum absolute atomic E-state index is 0.0379. The molecule has 1 fully saturated rings. The number of nitrogens with zero attached hydrogens (tertiary/aromatic N) is 1. The summed E-state index contributed by atoms with van der Waals surface area (Å²) in [5, 5.41) is 2.26. The second kappa shape index (κ2) is 12.0. The monoisotopic (exact) mass is 500 g/mol. The predicted molar refractivity (Wildman–Crippen MR) is 138 cm³/mol. The highest BCUT2D eigenvalue weighted by molar-refractivity contribution is 8.18. The van der Waals surface area contributed by atoms with E-state index in [0.717, 1.165) is 28.0 Å². The van der Waals surface area contributed by atoms with Crippen LogP contribution in [0.2, 0.25) is 0 Å². The van der Waals surface area contributed by atoms with Gasteiger partial charge in [-0.3, -0.25) is 19.3 Å². The van der Waals surface area contributed by atoms with Crippen LogP contribution in [0.4, 0.5) is 10.5 Å². The molecule has 2 aromatic carbocycles. The highest BCUT2D eigenvalue weighted by atomic mass is 32.2. The van der Waals surface area contributed by atoms with Crippen molar-refractivity contribution in [2.75, 3.05) is 24.7 Å². The zero-order valence-corrected chi connectivity index (χ0v) is 21.3. The summed E-state index contributed by atoms with van der Waals surface area (Å²) >= 11 is 2.37. The Balaban J connectivity index is 1.72. The molecule has 0 radical (unpaired) electrons. The van der Waals surface area contributed by atoms with Crippen molar-refractivity contribution in [3.05, 3.63) is 52.9 Å². The third-order valence-electron chi connectivity index (χ3n) is 5.00. The summed E-state index contributed by atoms with van der Waals surface area (Å²) in [6.07, 6.45) is 4.46. The van der Waals surface area contributed by atoms with Crippen molar-refractivity contribution in [1.82, 2.24) is 4.90 Å². The molecule has 1 heterocycles. The molecule has 3 amide bonds. The summed E-state index contributed by atoms with van der Waals surface area (Å²) < 4.78 is 11.6. The Morgan fingerprint density at radius 2 is 1.97 bits per heavy atom. The van der Waals surface area contributed by atoms with Gasteiger partial charge < -0.3 is 14.8 Å². The van der Waals surface area contributed by atoms with Gasteiger partial charge >= 0.3 is 0 Å². The molecule has 1 aliphatic rings. The quantitative estimate of drug-likeness (QED) is 0.333. The number of benzene rings is 2. The molecule has 0 aromatic heterocycles. The first kappa shape index (κ1) is 25.7. The highest BCUT2D eigenvalue weighted by Crippen LogP contribution is 2.35. The Hall–Kier alpha value is -2.91. The number of ether oxygens (including phenoxy) is 2. The maximum Gasteiger partial charge on any atom is 0.294 e. The molecule has 0 aliphatic carbocycles. The van der Waals surface area contributed by atoms with E-state index in [-0.39, 0.29) is 17.6 Å². The van der Waals surface area contributed by atoms with Crippen LogP contribution < -0.4 is 14.8 Å². The van der Waals surface area contributed by atoms with Crippen LogP contribution in [-0.2, 0) is 9.59 Å². The summed E-state index contributed by atoms with van der Waals surface area (Å²) in [6.45, 7) is 6.02. The smallest absolute Gasteiger partial charge is 0.294 e. The number of anilines is 1. The van der Waals surface area contributed by atoms with Crippen molar-refractivity contribution in [3.8, 4) is 11.5 Å². The zero-order valence-electron chi connectivity index (χ0n) is 19.6. The fourth-order valence-corrected chi connectivity index (χ4v) is 4.41. The molecule has 2 aromatic rings. The summed E-state index contributed by atoms with van der Waals surface area (Å²) in [4.78, 5) is 40.0. The second-order valence-electron chi connectivity index (χ2n) is 7.52. The topological polar surface area (TPSA) is 84.9 Å². The van der Waals surface area contributed by atoms with E-state index >= 15 is 0 Å². The van der Waals surface area contributed by atoms with Crippen molar-refractivity contribution in [1.29, 1.82) is 0 Å². The van der Waals surface area contributed by atoms with Crippen LogP contribution in [0.15, 0.2) is 52.3 Å². The Morgan fingerprint density at radius 1 is 1.18 bits per heavy atom. The maximum atomic E-state index is 12.8.